The van der Waals surface area contributed by atoms with Gasteiger partial charge in [-0.3, -0.25) is 4.79 Å². The molecular weight excluding hydrogens is 380 g/mol. The number of amides is 3. The highest BCUT2D eigenvalue weighted by molar-refractivity contribution is 5.81. The van der Waals surface area contributed by atoms with Crippen molar-refractivity contribution in [1.29, 1.82) is 0 Å². The van der Waals surface area contributed by atoms with Crippen LogP contribution in [-0.4, -0.2) is 67.6 Å². The Morgan fingerprint density at radius 1 is 1.03 bits per heavy atom. The van der Waals surface area contributed by atoms with E-state index in [0.29, 0.717) is 32.6 Å². The molecule has 158 valence electrons. The third-order valence-corrected chi connectivity index (χ3v) is 5.75. The Morgan fingerprint density at radius 3 is 2.47 bits per heavy atom. The van der Waals surface area contributed by atoms with Crippen LogP contribution in [0.3, 0.4) is 0 Å². The fourth-order valence-corrected chi connectivity index (χ4v) is 4.13. The van der Waals surface area contributed by atoms with Crippen molar-refractivity contribution < 1.29 is 14.3 Å². The summed E-state index contributed by atoms with van der Waals surface area (Å²) >= 11 is 0. The molecule has 0 radical (unpaired) electrons. The molecule has 3 amide bonds. The maximum Gasteiger partial charge on any atom is 0.317 e. The lowest BCUT2D eigenvalue weighted by atomic mass is 10.2. The molecule has 2 aromatic carbocycles. The zero-order valence-electron chi connectivity index (χ0n) is 17.3. The van der Waals surface area contributed by atoms with Crippen LogP contribution in [0, 0.1) is 0 Å². The first kappa shape index (κ1) is 20.1. The first-order valence-electron chi connectivity index (χ1n) is 10.4. The molecule has 1 N–H and O–H groups in total. The Labute approximate surface area is 177 Å². The van der Waals surface area contributed by atoms with Gasteiger partial charge in [0.05, 0.1) is 18.8 Å². The highest BCUT2D eigenvalue weighted by Gasteiger charge is 2.32. The number of carbonyl (C=O) groups excluding carboxylic acids is 2. The summed E-state index contributed by atoms with van der Waals surface area (Å²) in [6, 6.07) is 17.7. The number of anilines is 1. The lowest BCUT2D eigenvalue weighted by Crippen LogP contribution is -2.53. The van der Waals surface area contributed by atoms with Crippen molar-refractivity contribution in [3.63, 3.8) is 0 Å². The van der Waals surface area contributed by atoms with Crippen LogP contribution < -0.4 is 15.0 Å². The fraction of sp³-hybridized carbons (Fsp3) is 0.391. The molecule has 2 saturated heterocycles. The SMILES string of the molecule is COc1ccccc1N1CCN(C(=O)NC2CC(=O)N(Cc3ccccc3)C2)CC1. The number of ether oxygens (including phenoxy) is 1. The number of piperazine rings is 1. The summed E-state index contributed by atoms with van der Waals surface area (Å²) in [5, 5.41) is 3.05. The molecule has 0 aliphatic carbocycles. The summed E-state index contributed by atoms with van der Waals surface area (Å²) in [6.07, 6.45) is 0.361. The zero-order valence-corrected chi connectivity index (χ0v) is 17.3. The molecule has 7 heteroatoms. The Hall–Kier alpha value is -3.22. The third-order valence-electron chi connectivity index (χ3n) is 5.75. The molecule has 2 heterocycles. The summed E-state index contributed by atoms with van der Waals surface area (Å²) in [5.74, 6) is 0.934. The molecule has 4 rings (SSSR count). The van der Waals surface area contributed by atoms with E-state index in [-0.39, 0.29) is 18.0 Å². The van der Waals surface area contributed by atoms with Crippen LogP contribution >= 0.6 is 0 Å². The van der Waals surface area contributed by atoms with Gasteiger partial charge in [0.15, 0.2) is 0 Å². The van der Waals surface area contributed by atoms with Gasteiger partial charge in [0.25, 0.3) is 0 Å². The number of para-hydroxylation sites is 2. The number of likely N-dealkylation sites (tertiary alicyclic amines) is 1. The van der Waals surface area contributed by atoms with Crippen molar-refractivity contribution in [3.8, 4) is 5.75 Å². The molecule has 0 bridgehead atoms. The van der Waals surface area contributed by atoms with E-state index in [9.17, 15) is 9.59 Å². The number of rotatable bonds is 5. The van der Waals surface area contributed by atoms with E-state index in [2.05, 4.69) is 10.2 Å². The quantitative estimate of drug-likeness (QED) is 0.825. The number of nitrogens with one attached hydrogen (secondary N) is 1. The Bertz CT molecular complexity index is 881. The summed E-state index contributed by atoms with van der Waals surface area (Å²) in [6.45, 7) is 3.91. The summed E-state index contributed by atoms with van der Waals surface area (Å²) in [7, 11) is 1.67. The second-order valence-corrected chi connectivity index (χ2v) is 7.76. The van der Waals surface area contributed by atoms with Crippen molar-refractivity contribution in [2.45, 2.75) is 19.0 Å². The topological polar surface area (TPSA) is 65.1 Å². The van der Waals surface area contributed by atoms with Gasteiger partial charge in [-0.1, -0.05) is 42.5 Å². The first-order chi connectivity index (χ1) is 14.6. The van der Waals surface area contributed by atoms with Crippen LogP contribution in [0.1, 0.15) is 12.0 Å². The van der Waals surface area contributed by atoms with E-state index in [4.69, 9.17) is 4.74 Å². The zero-order chi connectivity index (χ0) is 20.9. The maximum absolute atomic E-state index is 12.7. The number of benzene rings is 2. The van der Waals surface area contributed by atoms with Crippen LogP contribution in [-0.2, 0) is 11.3 Å². The predicted molar refractivity (Wildman–Crippen MR) is 116 cm³/mol. The number of urea groups is 1. The first-order valence-corrected chi connectivity index (χ1v) is 10.4. The smallest absolute Gasteiger partial charge is 0.317 e. The normalized spacial score (nSPS) is 19.2. The molecular formula is C23H28N4O3. The van der Waals surface area contributed by atoms with Crippen molar-refractivity contribution in [3.05, 3.63) is 60.2 Å². The monoisotopic (exact) mass is 408 g/mol. The van der Waals surface area contributed by atoms with E-state index in [1.807, 2.05) is 64.4 Å². The van der Waals surface area contributed by atoms with Crippen molar-refractivity contribution in [2.75, 3.05) is 44.7 Å². The molecule has 1 unspecified atom stereocenters. The van der Waals surface area contributed by atoms with E-state index >= 15 is 0 Å². The van der Waals surface area contributed by atoms with Gasteiger partial charge in [-0.15, -0.1) is 0 Å². The number of hydrogen-bond donors (Lipinski definition) is 1. The van der Waals surface area contributed by atoms with Crippen LogP contribution in [0.4, 0.5) is 10.5 Å². The maximum atomic E-state index is 12.7. The molecule has 0 saturated carbocycles. The highest BCUT2D eigenvalue weighted by Crippen LogP contribution is 2.28. The van der Waals surface area contributed by atoms with Crippen molar-refractivity contribution >= 4 is 17.6 Å². The standard InChI is InChI=1S/C23H28N4O3/c1-30-21-10-6-5-9-20(21)25-11-13-26(14-12-25)23(29)24-19-15-22(28)27(17-19)16-18-7-3-2-4-8-18/h2-10,19H,11-17H2,1H3,(H,24,29). The molecule has 2 fully saturated rings. The lowest BCUT2D eigenvalue weighted by molar-refractivity contribution is -0.128. The van der Waals surface area contributed by atoms with Gasteiger partial charge >= 0.3 is 6.03 Å². The highest BCUT2D eigenvalue weighted by atomic mass is 16.5. The van der Waals surface area contributed by atoms with Crippen molar-refractivity contribution in [1.82, 2.24) is 15.1 Å². The third kappa shape index (κ3) is 4.50. The minimum atomic E-state index is -0.138. The van der Waals surface area contributed by atoms with E-state index in [0.717, 1.165) is 30.1 Å². The molecule has 30 heavy (non-hydrogen) atoms. The van der Waals surface area contributed by atoms with Gasteiger partial charge < -0.3 is 24.8 Å². The summed E-state index contributed by atoms with van der Waals surface area (Å²) in [5.41, 5.74) is 2.16. The van der Waals surface area contributed by atoms with E-state index in [1.165, 1.54) is 0 Å². The average molecular weight is 409 g/mol. The van der Waals surface area contributed by atoms with Gasteiger partial charge in [-0.25, -0.2) is 4.79 Å². The Kier molecular flexibility index (Phi) is 6.07. The average Bonchev–Trinajstić information content (AvgIpc) is 3.12. The molecule has 2 aromatic rings. The van der Waals surface area contributed by atoms with Gasteiger partial charge in [-0.05, 0) is 17.7 Å². The van der Waals surface area contributed by atoms with Crippen molar-refractivity contribution in [2.24, 2.45) is 0 Å². The van der Waals surface area contributed by atoms with Crippen LogP contribution in [0.15, 0.2) is 54.6 Å². The number of carbonyl (C=O) groups is 2. The van der Waals surface area contributed by atoms with Crippen LogP contribution in [0.2, 0.25) is 0 Å². The van der Waals surface area contributed by atoms with E-state index < -0.39 is 0 Å². The van der Waals surface area contributed by atoms with Crippen LogP contribution in [0.5, 0.6) is 5.75 Å². The Balaban J connectivity index is 1.27. The van der Waals surface area contributed by atoms with Gasteiger partial charge in [-0.2, -0.15) is 0 Å². The molecule has 2 aliphatic heterocycles. The minimum Gasteiger partial charge on any atom is -0.495 e. The van der Waals surface area contributed by atoms with Crippen LogP contribution in [0.25, 0.3) is 0 Å². The molecule has 0 aromatic heterocycles. The summed E-state index contributed by atoms with van der Waals surface area (Å²) in [4.78, 5) is 31.0. The molecule has 7 nitrogen and oxygen atoms in total. The minimum absolute atomic E-state index is 0.0881. The lowest BCUT2D eigenvalue weighted by Gasteiger charge is -2.37. The van der Waals surface area contributed by atoms with Gasteiger partial charge in [0.2, 0.25) is 5.91 Å². The predicted octanol–water partition coefficient (Wildman–Crippen LogP) is 2.33. The molecule has 0 spiro atoms. The number of methoxy groups -OCH3 is 1. The largest absolute Gasteiger partial charge is 0.495 e. The number of nitrogens with zero attached hydrogens (tertiary/aromatic N) is 3. The van der Waals surface area contributed by atoms with Gasteiger partial charge in [0.1, 0.15) is 5.75 Å². The second kappa shape index (κ2) is 9.07. The number of hydrogen-bond acceptors (Lipinski definition) is 4. The molecule has 2 aliphatic rings. The van der Waals surface area contributed by atoms with Gasteiger partial charge in [0, 0.05) is 45.7 Å². The second-order valence-electron chi connectivity index (χ2n) is 7.76. The van der Waals surface area contributed by atoms with E-state index in [1.54, 1.807) is 7.11 Å². The Morgan fingerprint density at radius 2 is 1.73 bits per heavy atom. The summed E-state index contributed by atoms with van der Waals surface area (Å²) < 4.78 is 5.45. The fourth-order valence-electron chi connectivity index (χ4n) is 4.13. The molecule has 1 atom stereocenters.